The smallest absolute Gasteiger partial charge is 0.292 e. The molecule has 0 radical (unpaired) electrons. The molecule has 0 atom stereocenters. The fourth-order valence-electron chi connectivity index (χ4n) is 1.95. The zero-order valence-electron chi connectivity index (χ0n) is 11.2. The summed E-state index contributed by atoms with van der Waals surface area (Å²) in [5.74, 6) is 0.598. The molecule has 5 nitrogen and oxygen atoms in total. The number of nitro benzene ring substituents is 1. The Balaban J connectivity index is 2.78. The fourth-order valence-corrected chi connectivity index (χ4v) is 1.95. The quantitative estimate of drug-likeness (QED) is 0.479. The molecule has 1 rings (SSSR count). The molecular weight excluding hydrogens is 230 g/mol. The Morgan fingerprint density at radius 1 is 1.44 bits per heavy atom. The second-order valence-electron chi connectivity index (χ2n) is 4.87. The molecule has 0 spiro atoms. The zero-order valence-corrected chi connectivity index (χ0v) is 11.2. The van der Waals surface area contributed by atoms with Crippen LogP contribution in [-0.4, -0.2) is 22.9 Å². The highest BCUT2D eigenvalue weighted by molar-refractivity contribution is 5.59. The molecule has 18 heavy (non-hydrogen) atoms. The summed E-state index contributed by atoms with van der Waals surface area (Å²) in [6.07, 6.45) is 0. The Bertz CT molecular complexity index is 419. The maximum absolute atomic E-state index is 10.7. The number of anilines is 1. The molecule has 0 bridgehead atoms. The lowest BCUT2D eigenvalue weighted by atomic mass is 10.1. The van der Waals surface area contributed by atoms with Crippen molar-refractivity contribution in [1.29, 1.82) is 0 Å². The van der Waals surface area contributed by atoms with E-state index in [0.717, 1.165) is 25.2 Å². The van der Waals surface area contributed by atoms with Gasteiger partial charge in [-0.3, -0.25) is 15.0 Å². The summed E-state index contributed by atoms with van der Waals surface area (Å²) in [6, 6.07) is 4.95. The third-order valence-electron chi connectivity index (χ3n) is 2.77. The van der Waals surface area contributed by atoms with Crippen molar-refractivity contribution in [3.63, 3.8) is 0 Å². The number of nitro groups is 1. The van der Waals surface area contributed by atoms with Crippen LogP contribution in [0.15, 0.2) is 18.2 Å². The van der Waals surface area contributed by atoms with E-state index in [-0.39, 0.29) is 11.4 Å². The fraction of sp³-hybridized carbons (Fsp3) is 0.538. The van der Waals surface area contributed by atoms with E-state index in [1.807, 2.05) is 0 Å². The Kier molecular flexibility index (Phi) is 5.09. The van der Waals surface area contributed by atoms with E-state index in [1.165, 1.54) is 6.07 Å². The molecule has 0 aliphatic rings. The third-order valence-corrected chi connectivity index (χ3v) is 2.77. The summed E-state index contributed by atoms with van der Waals surface area (Å²) in [6.45, 7) is 9.19. The number of rotatable bonds is 6. The lowest BCUT2D eigenvalue weighted by Crippen LogP contribution is -2.27. The second-order valence-corrected chi connectivity index (χ2v) is 4.87. The van der Waals surface area contributed by atoms with Crippen molar-refractivity contribution in [2.75, 3.05) is 18.8 Å². The van der Waals surface area contributed by atoms with Crippen LogP contribution >= 0.6 is 0 Å². The van der Waals surface area contributed by atoms with Crippen LogP contribution in [0.25, 0.3) is 0 Å². The van der Waals surface area contributed by atoms with Gasteiger partial charge in [0.1, 0.15) is 5.69 Å². The molecule has 0 heterocycles. The van der Waals surface area contributed by atoms with Gasteiger partial charge < -0.3 is 5.73 Å². The highest BCUT2D eigenvalue weighted by Gasteiger charge is 2.12. The Morgan fingerprint density at radius 3 is 2.56 bits per heavy atom. The largest absolute Gasteiger partial charge is 0.393 e. The van der Waals surface area contributed by atoms with Crippen LogP contribution in [0, 0.1) is 16.0 Å². The van der Waals surface area contributed by atoms with E-state index in [0.29, 0.717) is 5.92 Å². The van der Waals surface area contributed by atoms with Crippen LogP contribution < -0.4 is 5.73 Å². The van der Waals surface area contributed by atoms with Gasteiger partial charge in [-0.05, 0) is 24.1 Å². The normalized spacial score (nSPS) is 11.2. The number of benzene rings is 1. The third kappa shape index (κ3) is 4.00. The van der Waals surface area contributed by atoms with Gasteiger partial charge in [-0.15, -0.1) is 0 Å². The van der Waals surface area contributed by atoms with Crippen LogP contribution in [0.2, 0.25) is 0 Å². The standard InChI is InChI=1S/C13H21N3O2/c1-4-15(8-10(2)3)9-11-5-6-13(16(17)18)12(14)7-11/h5-7,10H,4,8-9,14H2,1-3H3. The van der Waals surface area contributed by atoms with Gasteiger partial charge in [0.05, 0.1) is 4.92 Å². The molecule has 100 valence electrons. The van der Waals surface area contributed by atoms with Gasteiger partial charge in [-0.1, -0.05) is 26.8 Å². The molecule has 0 unspecified atom stereocenters. The minimum Gasteiger partial charge on any atom is -0.393 e. The zero-order chi connectivity index (χ0) is 13.7. The molecule has 0 fully saturated rings. The van der Waals surface area contributed by atoms with Crippen molar-refractivity contribution >= 4 is 11.4 Å². The first-order valence-electron chi connectivity index (χ1n) is 6.19. The molecular formula is C13H21N3O2. The van der Waals surface area contributed by atoms with Gasteiger partial charge in [-0.2, -0.15) is 0 Å². The average molecular weight is 251 g/mol. The minimum absolute atomic E-state index is 0.0225. The molecule has 1 aromatic rings. The summed E-state index contributed by atoms with van der Waals surface area (Å²) >= 11 is 0. The van der Waals surface area contributed by atoms with Crippen LogP contribution in [0.1, 0.15) is 26.3 Å². The lowest BCUT2D eigenvalue weighted by Gasteiger charge is -2.22. The molecule has 2 N–H and O–H groups in total. The van der Waals surface area contributed by atoms with E-state index >= 15 is 0 Å². The summed E-state index contributed by atoms with van der Waals surface area (Å²) in [4.78, 5) is 12.5. The van der Waals surface area contributed by atoms with Gasteiger partial charge in [-0.25, -0.2) is 0 Å². The van der Waals surface area contributed by atoms with Gasteiger partial charge in [0, 0.05) is 19.2 Å². The van der Waals surface area contributed by atoms with Crippen molar-refractivity contribution in [3.8, 4) is 0 Å². The van der Waals surface area contributed by atoms with Crippen molar-refractivity contribution < 1.29 is 4.92 Å². The topological polar surface area (TPSA) is 72.4 Å². The van der Waals surface area contributed by atoms with Gasteiger partial charge >= 0.3 is 0 Å². The molecule has 0 aliphatic carbocycles. The van der Waals surface area contributed by atoms with Gasteiger partial charge in [0.15, 0.2) is 0 Å². The first kappa shape index (κ1) is 14.4. The van der Waals surface area contributed by atoms with Crippen molar-refractivity contribution in [2.45, 2.75) is 27.3 Å². The van der Waals surface area contributed by atoms with Crippen molar-refractivity contribution in [3.05, 3.63) is 33.9 Å². The maximum Gasteiger partial charge on any atom is 0.292 e. The Morgan fingerprint density at radius 2 is 2.11 bits per heavy atom. The highest BCUT2D eigenvalue weighted by Crippen LogP contribution is 2.22. The Hall–Kier alpha value is -1.62. The van der Waals surface area contributed by atoms with Crippen LogP contribution in [0.3, 0.4) is 0 Å². The number of nitrogens with two attached hydrogens (primary N) is 1. The van der Waals surface area contributed by atoms with E-state index in [4.69, 9.17) is 5.73 Å². The van der Waals surface area contributed by atoms with Gasteiger partial charge in [0.25, 0.3) is 5.69 Å². The highest BCUT2D eigenvalue weighted by atomic mass is 16.6. The maximum atomic E-state index is 10.7. The van der Waals surface area contributed by atoms with Crippen molar-refractivity contribution in [1.82, 2.24) is 4.90 Å². The predicted octanol–water partition coefficient (Wildman–Crippen LogP) is 2.65. The predicted molar refractivity (Wildman–Crippen MR) is 73.3 cm³/mol. The number of nitrogen functional groups attached to an aromatic ring is 1. The first-order chi connectivity index (χ1) is 8.43. The monoisotopic (exact) mass is 251 g/mol. The molecule has 0 amide bonds. The van der Waals surface area contributed by atoms with E-state index in [1.54, 1.807) is 12.1 Å². The molecule has 0 saturated carbocycles. The number of hydrogen-bond donors (Lipinski definition) is 1. The second kappa shape index (κ2) is 6.35. The van der Waals surface area contributed by atoms with E-state index in [2.05, 4.69) is 25.7 Å². The lowest BCUT2D eigenvalue weighted by molar-refractivity contribution is -0.383. The number of hydrogen-bond acceptors (Lipinski definition) is 4. The summed E-state index contributed by atoms with van der Waals surface area (Å²) in [7, 11) is 0. The van der Waals surface area contributed by atoms with E-state index < -0.39 is 4.92 Å². The summed E-state index contributed by atoms with van der Waals surface area (Å²) < 4.78 is 0. The SMILES string of the molecule is CCN(Cc1ccc([N+](=O)[O-])c(N)c1)CC(C)C. The summed E-state index contributed by atoms with van der Waals surface area (Å²) in [5.41, 5.74) is 6.91. The van der Waals surface area contributed by atoms with Crippen LogP contribution in [-0.2, 0) is 6.54 Å². The van der Waals surface area contributed by atoms with Crippen molar-refractivity contribution in [2.24, 2.45) is 5.92 Å². The Labute approximate surface area is 108 Å². The van der Waals surface area contributed by atoms with E-state index in [9.17, 15) is 10.1 Å². The van der Waals surface area contributed by atoms with Crippen LogP contribution in [0.5, 0.6) is 0 Å². The molecule has 0 saturated heterocycles. The summed E-state index contributed by atoms with van der Waals surface area (Å²) in [5, 5.41) is 10.7. The molecule has 1 aromatic carbocycles. The number of nitrogens with zero attached hydrogens (tertiary/aromatic N) is 2. The molecule has 0 aromatic heterocycles. The minimum atomic E-state index is -0.454. The molecule has 0 aliphatic heterocycles. The first-order valence-corrected chi connectivity index (χ1v) is 6.19. The molecule has 5 heteroatoms. The average Bonchev–Trinajstić information content (AvgIpc) is 2.27. The van der Waals surface area contributed by atoms with Crippen LogP contribution in [0.4, 0.5) is 11.4 Å². The van der Waals surface area contributed by atoms with Gasteiger partial charge in [0.2, 0.25) is 0 Å².